The SMILES string of the molecule is C[C@@H]1C[C@H](O)C=C2C(=O)C=C[C@@H](O)[C@H]21. The van der Waals surface area contributed by atoms with Gasteiger partial charge in [-0.3, -0.25) is 4.79 Å². The van der Waals surface area contributed by atoms with E-state index in [0.717, 1.165) is 0 Å². The first kappa shape index (κ1) is 9.62. The molecule has 0 saturated carbocycles. The van der Waals surface area contributed by atoms with Crippen LogP contribution in [0.4, 0.5) is 0 Å². The molecule has 0 aliphatic heterocycles. The molecule has 0 unspecified atom stereocenters. The van der Waals surface area contributed by atoms with E-state index in [1.807, 2.05) is 6.92 Å². The minimum Gasteiger partial charge on any atom is -0.389 e. The molecule has 0 spiro atoms. The second kappa shape index (κ2) is 3.33. The van der Waals surface area contributed by atoms with Gasteiger partial charge in [0.2, 0.25) is 0 Å². The van der Waals surface area contributed by atoms with Crippen molar-refractivity contribution in [2.75, 3.05) is 0 Å². The summed E-state index contributed by atoms with van der Waals surface area (Å²) in [7, 11) is 0. The Labute approximate surface area is 82.7 Å². The van der Waals surface area contributed by atoms with Crippen LogP contribution in [0.25, 0.3) is 0 Å². The molecule has 0 bridgehead atoms. The maximum absolute atomic E-state index is 11.5. The van der Waals surface area contributed by atoms with Gasteiger partial charge in [-0.15, -0.1) is 0 Å². The van der Waals surface area contributed by atoms with Crippen molar-refractivity contribution in [3.05, 3.63) is 23.8 Å². The van der Waals surface area contributed by atoms with Crippen LogP contribution in [-0.2, 0) is 4.79 Å². The smallest absolute Gasteiger partial charge is 0.181 e. The lowest BCUT2D eigenvalue weighted by molar-refractivity contribution is -0.113. The van der Waals surface area contributed by atoms with E-state index < -0.39 is 12.2 Å². The highest BCUT2D eigenvalue weighted by Gasteiger charge is 2.37. The molecule has 14 heavy (non-hydrogen) atoms. The highest BCUT2D eigenvalue weighted by molar-refractivity contribution is 6.05. The highest BCUT2D eigenvalue weighted by atomic mass is 16.3. The predicted octanol–water partition coefficient (Wildman–Crippen LogP) is 0.429. The molecule has 0 amide bonds. The van der Waals surface area contributed by atoms with Gasteiger partial charge in [0, 0.05) is 11.5 Å². The van der Waals surface area contributed by atoms with Crippen LogP contribution in [-0.4, -0.2) is 28.2 Å². The maximum atomic E-state index is 11.5. The number of carbonyl (C=O) groups is 1. The largest absolute Gasteiger partial charge is 0.389 e. The molecule has 2 rings (SSSR count). The fourth-order valence-electron chi connectivity index (χ4n) is 2.39. The second-order valence-electron chi connectivity index (χ2n) is 4.14. The number of aliphatic hydroxyl groups is 2. The molecule has 0 aromatic rings. The van der Waals surface area contributed by atoms with Crippen LogP contribution in [0.5, 0.6) is 0 Å². The lowest BCUT2D eigenvalue weighted by Crippen LogP contribution is -2.37. The number of hydrogen-bond donors (Lipinski definition) is 2. The first-order valence-corrected chi connectivity index (χ1v) is 4.90. The summed E-state index contributed by atoms with van der Waals surface area (Å²) in [6, 6.07) is 0. The second-order valence-corrected chi connectivity index (χ2v) is 4.14. The van der Waals surface area contributed by atoms with Crippen LogP contribution in [0.1, 0.15) is 13.3 Å². The molecule has 0 radical (unpaired) electrons. The standard InChI is InChI=1S/C11H14O3/c1-6-4-7(12)5-8-9(13)2-3-10(14)11(6)8/h2-3,5-7,10-12,14H,4H2,1H3/t6-,7+,10-,11+/m1/s1. The van der Waals surface area contributed by atoms with Crippen LogP contribution >= 0.6 is 0 Å². The summed E-state index contributed by atoms with van der Waals surface area (Å²) in [6.45, 7) is 1.95. The van der Waals surface area contributed by atoms with Gasteiger partial charge >= 0.3 is 0 Å². The highest BCUT2D eigenvalue weighted by Crippen LogP contribution is 2.36. The lowest BCUT2D eigenvalue weighted by Gasteiger charge is -2.35. The molecule has 2 aliphatic rings. The fourth-order valence-corrected chi connectivity index (χ4v) is 2.39. The van der Waals surface area contributed by atoms with Gasteiger partial charge in [-0.25, -0.2) is 0 Å². The number of fused-ring (bicyclic) bond motifs is 1. The number of allylic oxidation sites excluding steroid dienone is 1. The van der Waals surface area contributed by atoms with Crippen molar-refractivity contribution in [3.8, 4) is 0 Å². The number of carbonyl (C=O) groups excluding carboxylic acids is 1. The van der Waals surface area contributed by atoms with Gasteiger partial charge in [0.1, 0.15) is 0 Å². The molecule has 3 nitrogen and oxygen atoms in total. The summed E-state index contributed by atoms with van der Waals surface area (Å²) in [5.74, 6) is -0.0595. The maximum Gasteiger partial charge on any atom is 0.181 e. The number of aliphatic hydroxyl groups excluding tert-OH is 2. The predicted molar refractivity (Wildman–Crippen MR) is 51.5 cm³/mol. The van der Waals surface area contributed by atoms with Gasteiger partial charge in [-0.1, -0.05) is 13.0 Å². The van der Waals surface area contributed by atoms with Crippen LogP contribution < -0.4 is 0 Å². The van der Waals surface area contributed by atoms with Crippen molar-refractivity contribution in [2.45, 2.75) is 25.6 Å². The van der Waals surface area contributed by atoms with Gasteiger partial charge in [0.05, 0.1) is 12.2 Å². The van der Waals surface area contributed by atoms with E-state index in [0.29, 0.717) is 12.0 Å². The third-order valence-electron chi connectivity index (χ3n) is 3.05. The van der Waals surface area contributed by atoms with Gasteiger partial charge in [0.25, 0.3) is 0 Å². The van der Waals surface area contributed by atoms with Gasteiger partial charge < -0.3 is 10.2 Å². The van der Waals surface area contributed by atoms with Crippen molar-refractivity contribution in [3.63, 3.8) is 0 Å². The molecule has 0 saturated heterocycles. The fraction of sp³-hybridized carbons (Fsp3) is 0.545. The molecular weight excluding hydrogens is 180 g/mol. The van der Waals surface area contributed by atoms with Crippen molar-refractivity contribution in [1.29, 1.82) is 0 Å². The third-order valence-corrected chi connectivity index (χ3v) is 3.05. The van der Waals surface area contributed by atoms with Crippen molar-refractivity contribution < 1.29 is 15.0 Å². The summed E-state index contributed by atoms with van der Waals surface area (Å²) < 4.78 is 0. The number of hydrogen-bond acceptors (Lipinski definition) is 3. The van der Waals surface area contributed by atoms with Crippen molar-refractivity contribution in [2.24, 2.45) is 11.8 Å². The van der Waals surface area contributed by atoms with E-state index in [-0.39, 0.29) is 17.6 Å². The minimum atomic E-state index is -0.582. The molecule has 2 N–H and O–H groups in total. The Kier molecular flexibility index (Phi) is 2.29. The summed E-state index contributed by atoms with van der Waals surface area (Å²) in [5.41, 5.74) is 0.575. The molecular formula is C11H14O3. The third kappa shape index (κ3) is 1.42. The topological polar surface area (TPSA) is 57.5 Å². The van der Waals surface area contributed by atoms with E-state index >= 15 is 0 Å². The summed E-state index contributed by atoms with van der Waals surface area (Å²) in [6.07, 6.45) is 4.00. The molecule has 3 heteroatoms. The van der Waals surface area contributed by atoms with E-state index in [2.05, 4.69) is 0 Å². The molecule has 0 heterocycles. The normalized spacial score (nSPS) is 41.9. The Bertz CT molecular complexity index is 316. The van der Waals surface area contributed by atoms with Crippen LogP contribution in [0.15, 0.2) is 23.8 Å². The summed E-state index contributed by atoms with van der Waals surface area (Å²) >= 11 is 0. The molecule has 76 valence electrons. The van der Waals surface area contributed by atoms with Crippen LogP contribution in [0, 0.1) is 11.8 Å². The Balaban J connectivity index is 2.40. The minimum absolute atomic E-state index is 0.0779. The number of ketones is 1. The summed E-state index contributed by atoms with van der Waals surface area (Å²) in [5, 5.41) is 19.2. The van der Waals surface area contributed by atoms with Gasteiger partial charge in [-0.05, 0) is 24.5 Å². The Morgan fingerprint density at radius 2 is 2.14 bits per heavy atom. The molecule has 0 aromatic heterocycles. The average molecular weight is 194 g/mol. The lowest BCUT2D eigenvalue weighted by atomic mass is 9.71. The van der Waals surface area contributed by atoms with E-state index in [4.69, 9.17) is 0 Å². The van der Waals surface area contributed by atoms with Gasteiger partial charge in [0.15, 0.2) is 5.78 Å². The zero-order valence-electron chi connectivity index (χ0n) is 8.05. The average Bonchev–Trinajstić information content (AvgIpc) is 2.10. The molecule has 4 atom stereocenters. The zero-order chi connectivity index (χ0) is 10.3. The Morgan fingerprint density at radius 1 is 1.43 bits per heavy atom. The zero-order valence-corrected chi connectivity index (χ0v) is 8.05. The van der Waals surface area contributed by atoms with Gasteiger partial charge in [-0.2, -0.15) is 0 Å². The van der Waals surface area contributed by atoms with E-state index in [9.17, 15) is 15.0 Å². The quantitative estimate of drug-likeness (QED) is 0.588. The van der Waals surface area contributed by atoms with Crippen LogP contribution in [0.2, 0.25) is 0 Å². The van der Waals surface area contributed by atoms with Crippen LogP contribution in [0.3, 0.4) is 0 Å². The summed E-state index contributed by atoms with van der Waals surface area (Å²) in [4.78, 5) is 11.5. The number of rotatable bonds is 0. The molecule has 2 aliphatic carbocycles. The monoisotopic (exact) mass is 194 g/mol. The van der Waals surface area contributed by atoms with Crippen molar-refractivity contribution >= 4 is 5.78 Å². The Morgan fingerprint density at radius 3 is 2.86 bits per heavy atom. The molecule has 0 fully saturated rings. The molecule has 0 aromatic carbocycles. The van der Waals surface area contributed by atoms with E-state index in [1.54, 1.807) is 12.2 Å². The van der Waals surface area contributed by atoms with E-state index in [1.165, 1.54) is 6.08 Å². The first-order valence-electron chi connectivity index (χ1n) is 4.90. The Hall–Kier alpha value is -0.930. The first-order chi connectivity index (χ1) is 6.59. The van der Waals surface area contributed by atoms with Crippen molar-refractivity contribution in [1.82, 2.24) is 0 Å².